The highest BCUT2D eigenvalue weighted by molar-refractivity contribution is 6.08. The van der Waals surface area contributed by atoms with Crippen LogP contribution in [0.25, 0.3) is 0 Å². The van der Waals surface area contributed by atoms with Gasteiger partial charge in [0, 0.05) is 15.8 Å². The molecule has 4 nitrogen and oxygen atoms in total. The summed E-state index contributed by atoms with van der Waals surface area (Å²) in [6.07, 6.45) is -0.450. The van der Waals surface area contributed by atoms with Crippen molar-refractivity contribution in [1.29, 1.82) is 0 Å². The summed E-state index contributed by atoms with van der Waals surface area (Å²) in [5.41, 5.74) is 0.281. The number of ether oxygens (including phenoxy) is 1. The number of rotatable bonds is 7. The Labute approximate surface area is 93.4 Å². The first-order valence-corrected chi connectivity index (χ1v) is 5.53. The summed E-state index contributed by atoms with van der Waals surface area (Å²) < 4.78 is 5.00. The Hall–Kier alpha value is -0.653. The predicted octanol–water partition coefficient (Wildman–Crippen LogP) is 0.195. The standard InChI is InChI=1S/C10H17O4Si/c1-7(2)10(13)14-9(4-3-5-15)8(12)6-11/h8-9,11-12H,1,3-6H2,2H3. The van der Waals surface area contributed by atoms with Crippen molar-refractivity contribution in [2.45, 2.75) is 38.0 Å². The molecule has 0 saturated carbocycles. The van der Waals surface area contributed by atoms with Crippen LogP contribution in [0.3, 0.4) is 0 Å². The third kappa shape index (κ3) is 5.71. The normalized spacial score (nSPS) is 14.4. The number of hydrogen-bond acceptors (Lipinski definition) is 4. The Kier molecular flexibility index (Phi) is 7.28. The Balaban J connectivity index is 4.23. The number of hydrogen-bond donors (Lipinski definition) is 2. The van der Waals surface area contributed by atoms with Crippen LogP contribution in [0.1, 0.15) is 19.8 Å². The average molecular weight is 229 g/mol. The Morgan fingerprint density at radius 3 is 2.60 bits per heavy atom. The molecule has 0 rings (SSSR count). The highest BCUT2D eigenvalue weighted by Crippen LogP contribution is 2.11. The van der Waals surface area contributed by atoms with Crippen LogP contribution < -0.4 is 0 Å². The second kappa shape index (κ2) is 7.61. The van der Waals surface area contributed by atoms with Gasteiger partial charge in [-0.15, -0.1) is 0 Å². The van der Waals surface area contributed by atoms with E-state index in [4.69, 9.17) is 9.84 Å². The minimum Gasteiger partial charge on any atom is -0.456 e. The predicted molar refractivity (Wildman–Crippen MR) is 57.6 cm³/mol. The number of carbonyl (C=O) groups is 1. The Morgan fingerprint density at radius 2 is 2.20 bits per heavy atom. The molecular formula is C10H17O4Si. The van der Waals surface area contributed by atoms with Crippen LogP contribution in [0.15, 0.2) is 12.2 Å². The molecule has 2 atom stereocenters. The quantitative estimate of drug-likeness (QED) is 0.372. The molecule has 0 aromatic rings. The molecule has 0 aliphatic heterocycles. The zero-order valence-electron chi connectivity index (χ0n) is 8.90. The molecule has 0 spiro atoms. The summed E-state index contributed by atoms with van der Waals surface area (Å²) in [6.45, 7) is 4.56. The molecule has 0 bridgehead atoms. The van der Waals surface area contributed by atoms with Gasteiger partial charge in [-0.3, -0.25) is 0 Å². The highest BCUT2D eigenvalue weighted by Gasteiger charge is 2.22. The Bertz CT molecular complexity index is 217. The first-order valence-electron chi connectivity index (χ1n) is 4.83. The number of aliphatic hydroxyl groups excluding tert-OH is 2. The van der Waals surface area contributed by atoms with Gasteiger partial charge >= 0.3 is 5.97 Å². The third-order valence-electron chi connectivity index (χ3n) is 1.89. The molecule has 0 aliphatic carbocycles. The molecule has 0 saturated heterocycles. The second-order valence-corrected chi connectivity index (χ2v) is 3.87. The van der Waals surface area contributed by atoms with Gasteiger partial charge in [0.2, 0.25) is 0 Å². The van der Waals surface area contributed by atoms with Crippen LogP contribution in [0, 0.1) is 0 Å². The fourth-order valence-electron chi connectivity index (χ4n) is 0.989. The lowest BCUT2D eigenvalue weighted by Crippen LogP contribution is -2.34. The first-order chi connectivity index (χ1) is 7.02. The zero-order chi connectivity index (χ0) is 11.8. The van der Waals surface area contributed by atoms with E-state index in [0.717, 1.165) is 12.5 Å². The molecule has 5 heteroatoms. The SMILES string of the molecule is C=C(C)C(=O)OC(CCC[Si])C(O)CO. The molecule has 0 fully saturated rings. The van der Waals surface area contributed by atoms with E-state index < -0.39 is 24.8 Å². The van der Waals surface area contributed by atoms with Crippen LogP contribution >= 0.6 is 0 Å². The number of aliphatic hydroxyl groups is 2. The topological polar surface area (TPSA) is 66.8 Å². The van der Waals surface area contributed by atoms with Gasteiger partial charge in [0.05, 0.1) is 6.61 Å². The summed E-state index contributed by atoms with van der Waals surface area (Å²) >= 11 is 0. The number of carbonyl (C=O) groups excluding carboxylic acids is 1. The fraction of sp³-hybridized carbons (Fsp3) is 0.700. The van der Waals surface area contributed by atoms with Gasteiger partial charge in [0.25, 0.3) is 0 Å². The lowest BCUT2D eigenvalue weighted by atomic mass is 10.1. The maximum Gasteiger partial charge on any atom is 0.333 e. The minimum absolute atomic E-state index is 0.281. The molecule has 0 aromatic heterocycles. The zero-order valence-corrected chi connectivity index (χ0v) is 9.90. The summed E-state index contributed by atoms with van der Waals surface area (Å²) in [5.74, 6) is -0.540. The van der Waals surface area contributed by atoms with Gasteiger partial charge in [-0.1, -0.05) is 19.0 Å². The van der Waals surface area contributed by atoms with Gasteiger partial charge < -0.3 is 14.9 Å². The summed E-state index contributed by atoms with van der Waals surface area (Å²) in [4.78, 5) is 11.2. The molecule has 85 valence electrons. The highest BCUT2D eigenvalue weighted by atomic mass is 28.1. The van der Waals surface area contributed by atoms with Gasteiger partial charge in [-0.05, 0) is 13.3 Å². The Morgan fingerprint density at radius 1 is 1.60 bits per heavy atom. The summed E-state index contributed by atoms with van der Waals surface area (Å²) in [5, 5.41) is 18.2. The van der Waals surface area contributed by atoms with E-state index in [1.54, 1.807) is 0 Å². The monoisotopic (exact) mass is 229 g/mol. The third-order valence-corrected chi connectivity index (χ3v) is 2.24. The lowest BCUT2D eigenvalue weighted by molar-refractivity contribution is -0.152. The van der Waals surface area contributed by atoms with Gasteiger partial charge in [-0.25, -0.2) is 4.79 Å². The molecule has 2 N–H and O–H groups in total. The lowest BCUT2D eigenvalue weighted by Gasteiger charge is -2.21. The van der Waals surface area contributed by atoms with Gasteiger partial charge in [0.15, 0.2) is 0 Å². The second-order valence-electron chi connectivity index (χ2n) is 3.37. The molecule has 0 aromatic carbocycles. The summed E-state index contributed by atoms with van der Waals surface area (Å²) in [7, 11) is 3.29. The van der Waals surface area contributed by atoms with E-state index in [1.807, 2.05) is 0 Å². The van der Waals surface area contributed by atoms with Crippen LogP contribution in [0.2, 0.25) is 6.04 Å². The van der Waals surface area contributed by atoms with Gasteiger partial charge in [-0.2, -0.15) is 0 Å². The molecule has 0 heterocycles. The van der Waals surface area contributed by atoms with E-state index >= 15 is 0 Å². The van der Waals surface area contributed by atoms with Crippen molar-refractivity contribution in [3.63, 3.8) is 0 Å². The maximum atomic E-state index is 11.2. The van der Waals surface area contributed by atoms with Crippen molar-refractivity contribution in [3.05, 3.63) is 12.2 Å². The van der Waals surface area contributed by atoms with Crippen LogP contribution in [-0.4, -0.2) is 45.2 Å². The minimum atomic E-state index is -1.04. The fourth-order valence-corrected chi connectivity index (χ4v) is 1.19. The molecule has 3 radical (unpaired) electrons. The first kappa shape index (κ1) is 14.3. The molecule has 0 amide bonds. The average Bonchev–Trinajstić information content (AvgIpc) is 2.22. The number of esters is 1. The van der Waals surface area contributed by atoms with Crippen molar-refractivity contribution in [2.24, 2.45) is 0 Å². The van der Waals surface area contributed by atoms with E-state index in [0.29, 0.717) is 6.42 Å². The van der Waals surface area contributed by atoms with Crippen molar-refractivity contribution < 1.29 is 19.7 Å². The largest absolute Gasteiger partial charge is 0.456 e. The van der Waals surface area contributed by atoms with Crippen molar-refractivity contribution in [3.8, 4) is 0 Å². The van der Waals surface area contributed by atoms with Crippen LogP contribution in [-0.2, 0) is 9.53 Å². The van der Waals surface area contributed by atoms with E-state index in [2.05, 4.69) is 16.8 Å². The van der Waals surface area contributed by atoms with Crippen LogP contribution in [0.4, 0.5) is 0 Å². The van der Waals surface area contributed by atoms with Crippen LogP contribution in [0.5, 0.6) is 0 Å². The smallest absolute Gasteiger partial charge is 0.333 e. The summed E-state index contributed by atoms with van der Waals surface area (Å²) in [6, 6.07) is 0.749. The maximum absolute atomic E-state index is 11.2. The van der Waals surface area contributed by atoms with Crippen molar-refractivity contribution in [1.82, 2.24) is 0 Å². The van der Waals surface area contributed by atoms with Crippen molar-refractivity contribution in [2.75, 3.05) is 6.61 Å². The van der Waals surface area contributed by atoms with E-state index in [1.165, 1.54) is 6.92 Å². The van der Waals surface area contributed by atoms with Crippen molar-refractivity contribution >= 4 is 16.2 Å². The van der Waals surface area contributed by atoms with Gasteiger partial charge in [0.1, 0.15) is 12.2 Å². The molecule has 0 aliphatic rings. The molecule has 15 heavy (non-hydrogen) atoms. The molecule has 2 unspecified atom stereocenters. The van der Waals surface area contributed by atoms with E-state index in [-0.39, 0.29) is 5.57 Å². The molecular weight excluding hydrogens is 212 g/mol. The van der Waals surface area contributed by atoms with E-state index in [9.17, 15) is 9.90 Å².